The second-order valence-electron chi connectivity index (χ2n) is 4.60. The number of methoxy groups -OCH3 is 1. The summed E-state index contributed by atoms with van der Waals surface area (Å²) in [6, 6.07) is 0. The van der Waals surface area contributed by atoms with E-state index in [0.717, 1.165) is 24.4 Å². The molecule has 0 radical (unpaired) electrons. The Labute approximate surface area is 109 Å². The van der Waals surface area contributed by atoms with Crippen LogP contribution in [0.3, 0.4) is 0 Å². The molecule has 0 fully saturated rings. The van der Waals surface area contributed by atoms with Crippen molar-refractivity contribution in [2.45, 2.75) is 46.3 Å². The third-order valence-corrected chi connectivity index (χ3v) is 3.88. The standard InChI is InChI=1S/C13H24N2OS/c1-6-7-10-11(8-14-4)17-13(15-10)12(16-5)9(2)3/h9,12,14H,6-8H2,1-5H3. The number of aryl methyl sites for hydroxylation is 1. The van der Waals surface area contributed by atoms with Crippen LogP contribution in [0, 0.1) is 5.92 Å². The van der Waals surface area contributed by atoms with E-state index in [4.69, 9.17) is 9.72 Å². The van der Waals surface area contributed by atoms with Crippen molar-refractivity contribution in [1.82, 2.24) is 10.3 Å². The maximum atomic E-state index is 5.55. The van der Waals surface area contributed by atoms with Crippen LogP contribution < -0.4 is 5.32 Å². The summed E-state index contributed by atoms with van der Waals surface area (Å²) in [5.41, 5.74) is 1.24. The number of hydrogen-bond donors (Lipinski definition) is 1. The van der Waals surface area contributed by atoms with Crippen molar-refractivity contribution in [3.8, 4) is 0 Å². The van der Waals surface area contributed by atoms with Gasteiger partial charge in [0.05, 0.1) is 5.69 Å². The van der Waals surface area contributed by atoms with E-state index in [2.05, 4.69) is 26.1 Å². The lowest BCUT2D eigenvalue weighted by molar-refractivity contribution is 0.0643. The fraction of sp³-hybridized carbons (Fsp3) is 0.769. The van der Waals surface area contributed by atoms with Crippen molar-refractivity contribution >= 4 is 11.3 Å². The molecule has 1 unspecified atom stereocenters. The van der Waals surface area contributed by atoms with Crippen LogP contribution in [0.4, 0.5) is 0 Å². The van der Waals surface area contributed by atoms with Gasteiger partial charge in [0, 0.05) is 18.5 Å². The zero-order chi connectivity index (χ0) is 12.8. The van der Waals surface area contributed by atoms with Gasteiger partial charge in [-0.15, -0.1) is 11.3 Å². The Balaban J connectivity index is 2.96. The van der Waals surface area contributed by atoms with Gasteiger partial charge in [0.1, 0.15) is 11.1 Å². The minimum Gasteiger partial charge on any atom is -0.374 e. The highest BCUT2D eigenvalue weighted by atomic mass is 32.1. The molecule has 1 heterocycles. The van der Waals surface area contributed by atoms with Gasteiger partial charge < -0.3 is 10.1 Å². The van der Waals surface area contributed by atoms with Gasteiger partial charge in [-0.1, -0.05) is 27.2 Å². The molecular weight excluding hydrogens is 232 g/mol. The lowest BCUT2D eigenvalue weighted by Gasteiger charge is -2.16. The van der Waals surface area contributed by atoms with Crippen LogP contribution in [0.1, 0.15) is 48.9 Å². The summed E-state index contributed by atoms with van der Waals surface area (Å²) in [4.78, 5) is 6.12. The Morgan fingerprint density at radius 1 is 1.41 bits per heavy atom. The molecule has 0 spiro atoms. The number of thiazole rings is 1. The number of hydrogen-bond acceptors (Lipinski definition) is 4. The molecule has 17 heavy (non-hydrogen) atoms. The van der Waals surface area contributed by atoms with Gasteiger partial charge in [0.25, 0.3) is 0 Å². The van der Waals surface area contributed by atoms with Crippen molar-refractivity contribution in [2.75, 3.05) is 14.2 Å². The van der Waals surface area contributed by atoms with Gasteiger partial charge in [-0.25, -0.2) is 4.98 Å². The average Bonchev–Trinajstić information content (AvgIpc) is 2.63. The number of nitrogens with zero attached hydrogens (tertiary/aromatic N) is 1. The number of nitrogens with one attached hydrogen (secondary N) is 1. The molecular formula is C13H24N2OS. The lowest BCUT2D eigenvalue weighted by Crippen LogP contribution is -2.08. The first-order valence-electron chi connectivity index (χ1n) is 6.29. The van der Waals surface area contributed by atoms with Crippen LogP contribution in [-0.4, -0.2) is 19.1 Å². The van der Waals surface area contributed by atoms with Crippen LogP contribution in [0.15, 0.2) is 0 Å². The number of aromatic nitrogens is 1. The van der Waals surface area contributed by atoms with Crippen LogP contribution >= 0.6 is 11.3 Å². The Morgan fingerprint density at radius 3 is 2.59 bits per heavy atom. The smallest absolute Gasteiger partial charge is 0.122 e. The van der Waals surface area contributed by atoms with E-state index in [1.165, 1.54) is 10.6 Å². The molecule has 1 rings (SSSR count). The minimum absolute atomic E-state index is 0.126. The molecule has 0 aromatic carbocycles. The van der Waals surface area contributed by atoms with E-state index in [9.17, 15) is 0 Å². The SMILES string of the molecule is CCCc1nc(C(OC)C(C)C)sc1CNC. The van der Waals surface area contributed by atoms with Crippen molar-refractivity contribution in [3.05, 3.63) is 15.6 Å². The molecule has 1 atom stereocenters. The summed E-state index contributed by atoms with van der Waals surface area (Å²) in [5, 5.41) is 4.33. The Bertz CT molecular complexity index is 313. The second-order valence-corrected chi connectivity index (χ2v) is 5.72. The third-order valence-electron chi connectivity index (χ3n) is 2.72. The quantitative estimate of drug-likeness (QED) is 0.813. The fourth-order valence-electron chi connectivity index (χ4n) is 1.91. The van der Waals surface area contributed by atoms with Gasteiger partial charge in [-0.2, -0.15) is 0 Å². The maximum Gasteiger partial charge on any atom is 0.122 e. The Hall–Kier alpha value is -0.450. The molecule has 1 aromatic rings. The summed E-state index contributed by atoms with van der Waals surface area (Å²) in [5.74, 6) is 0.461. The zero-order valence-electron chi connectivity index (χ0n) is 11.5. The molecule has 0 aliphatic rings. The van der Waals surface area contributed by atoms with Gasteiger partial charge in [-0.3, -0.25) is 0 Å². The maximum absolute atomic E-state index is 5.55. The van der Waals surface area contributed by atoms with Gasteiger partial charge in [0.15, 0.2) is 0 Å². The Morgan fingerprint density at radius 2 is 2.12 bits per heavy atom. The topological polar surface area (TPSA) is 34.1 Å². The monoisotopic (exact) mass is 256 g/mol. The fourth-order valence-corrected chi connectivity index (χ4v) is 3.29. The lowest BCUT2D eigenvalue weighted by atomic mass is 10.1. The van der Waals surface area contributed by atoms with Gasteiger partial charge >= 0.3 is 0 Å². The third kappa shape index (κ3) is 3.76. The normalized spacial score (nSPS) is 13.3. The first-order valence-corrected chi connectivity index (χ1v) is 7.11. The highest BCUT2D eigenvalue weighted by Gasteiger charge is 2.21. The van der Waals surface area contributed by atoms with Crippen molar-refractivity contribution in [1.29, 1.82) is 0 Å². The first-order chi connectivity index (χ1) is 8.13. The van der Waals surface area contributed by atoms with Crippen molar-refractivity contribution in [2.24, 2.45) is 5.92 Å². The average molecular weight is 256 g/mol. The second kappa shape index (κ2) is 7.09. The van der Waals surface area contributed by atoms with E-state index in [1.54, 1.807) is 18.4 Å². The van der Waals surface area contributed by atoms with E-state index in [1.807, 2.05) is 7.05 Å². The molecule has 0 bridgehead atoms. The molecule has 1 N–H and O–H groups in total. The summed E-state index contributed by atoms with van der Waals surface area (Å²) >= 11 is 1.79. The summed E-state index contributed by atoms with van der Waals surface area (Å²) in [7, 11) is 3.74. The van der Waals surface area contributed by atoms with Gasteiger partial charge in [0.2, 0.25) is 0 Å². The highest BCUT2D eigenvalue weighted by molar-refractivity contribution is 7.11. The molecule has 1 aromatic heterocycles. The molecule has 0 saturated heterocycles. The molecule has 0 saturated carbocycles. The van der Waals surface area contributed by atoms with Crippen molar-refractivity contribution in [3.63, 3.8) is 0 Å². The van der Waals surface area contributed by atoms with Crippen LogP contribution in [0.25, 0.3) is 0 Å². The number of rotatable bonds is 7. The van der Waals surface area contributed by atoms with Gasteiger partial charge in [-0.05, 0) is 19.4 Å². The summed E-state index contributed by atoms with van der Waals surface area (Å²) in [6.45, 7) is 7.44. The van der Waals surface area contributed by atoms with E-state index in [-0.39, 0.29) is 6.10 Å². The van der Waals surface area contributed by atoms with Crippen LogP contribution in [-0.2, 0) is 17.7 Å². The minimum atomic E-state index is 0.126. The summed E-state index contributed by atoms with van der Waals surface area (Å²) < 4.78 is 5.55. The first kappa shape index (κ1) is 14.6. The predicted octanol–water partition coefficient (Wildman–Crippen LogP) is 3.16. The van der Waals surface area contributed by atoms with E-state index in [0.29, 0.717) is 5.92 Å². The predicted molar refractivity (Wildman–Crippen MR) is 73.5 cm³/mol. The molecule has 0 aliphatic heterocycles. The zero-order valence-corrected chi connectivity index (χ0v) is 12.4. The van der Waals surface area contributed by atoms with Crippen molar-refractivity contribution < 1.29 is 4.74 Å². The van der Waals surface area contributed by atoms with E-state index >= 15 is 0 Å². The highest BCUT2D eigenvalue weighted by Crippen LogP contribution is 2.31. The molecule has 4 heteroatoms. The van der Waals surface area contributed by atoms with E-state index < -0.39 is 0 Å². The van der Waals surface area contributed by atoms with Crippen LogP contribution in [0.5, 0.6) is 0 Å². The molecule has 0 amide bonds. The van der Waals surface area contributed by atoms with Crippen LogP contribution in [0.2, 0.25) is 0 Å². The Kier molecular flexibility index (Phi) is 6.09. The molecule has 3 nitrogen and oxygen atoms in total. The summed E-state index contributed by atoms with van der Waals surface area (Å²) in [6.07, 6.45) is 2.32. The molecule has 98 valence electrons. The number of ether oxygens (including phenoxy) is 1. The molecule has 0 aliphatic carbocycles. The largest absolute Gasteiger partial charge is 0.374 e.